The van der Waals surface area contributed by atoms with Gasteiger partial charge in [-0.15, -0.1) is 0 Å². The Hall–Kier alpha value is -2.74. The number of aromatic nitrogens is 2. The molecule has 1 aromatic carbocycles. The topological polar surface area (TPSA) is 118 Å². The van der Waals surface area contributed by atoms with Crippen molar-refractivity contribution in [2.45, 2.75) is 33.5 Å². The van der Waals surface area contributed by atoms with E-state index in [-0.39, 0.29) is 17.9 Å². The van der Waals surface area contributed by atoms with E-state index < -0.39 is 27.7 Å². The van der Waals surface area contributed by atoms with Crippen LogP contribution in [0.5, 0.6) is 0 Å². The number of benzene rings is 1. The summed E-state index contributed by atoms with van der Waals surface area (Å²) < 4.78 is 5.84. The van der Waals surface area contributed by atoms with Gasteiger partial charge in [0.1, 0.15) is 0 Å². The molecule has 0 radical (unpaired) electrons. The number of nitrogens with zero attached hydrogens (tertiary/aromatic N) is 1. The Morgan fingerprint density at radius 2 is 1.92 bits per heavy atom. The van der Waals surface area contributed by atoms with E-state index in [1.165, 1.54) is 12.3 Å². The van der Waals surface area contributed by atoms with Gasteiger partial charge < -0.3 is 9.72 Å². The minimum atomic E-state index is -0.606. The third-order valence-corrected chi connectivity index (χ3v) is 3.50. The molecule has 0 saturated heterocycles. The summed E-state index contributed by atoms with van der Waals surface area (Å²) >= 11 is 0. The average Bonchev–Trinajstić information content (AvgIpc) is 2.48. The van der Waals surface area contributed by atoms with Crippen LogP contribution in [0, 0.1) is 15.5 Å². The summed E-state index contributed by atoms with van der Waals surface area (Å²) in [7, 11) is 0. The Morgan fingerprint density at radius 1 is 1.25 bits per heavy atom. The van der Waals surface area contributed by atoms with Crippen molar-refractivity contribution in [2.24, 2.45) is 5.41 Å². The zero-order chi connectivity index (χ0) is 17.9. The van der Waals surface area contributed by atoms with Crippen molar-refractivity contribution in [2.75, 3.05) is 0 Å². The highest BCUT2D eigenvalue weighted by molar-refractivity contribution is 5.42. The number of para-hydroxylation sites is 1. The monoisotopic (exact) mass is 333 g/mol. The lowest BCUT2D eigenvalue weighted by atomic mass is 9.84. The molecule has 2 N–H and O–H groups in total. The summed E-state index contributed by atoms with van der Waals surface area (Å²) in [6.45, 7) is 5.60. The molecule has 1 heterocycles. The number of ether oxygens (including phenoxy) is 1. The van der Waals surface area contributed by atoms with Crippen molar-refractivity contribution in [1.29, 1.82) is 0 Å². The predicted octanol–water partition coefficient (Wildman–Crippen LogP) is 2.28. The third kappa shape index (κ3) is 3.96. The van der Waals surface area contributed by atoms with Gasteiger partial charge >= 0.3 is 5.69 Å². The van der Waals surface area contributed by atoms with Crippen LogP contribution in [0.25, 0.3) is 0 Å². The highest BCUT2D eigenvalue weighted by Crippen LogP contribution is 2.40. The number of nitro groups is 1. The molecule has 0 amide bonds. The fourth-order valence-electron chi connectivity index (χ4n) is 2.40. The molecule has 0 aliphatic heterocycles. The van der Waals surface area contributed by atoms with E-state index >= 15 is 0 Å². The van der Waals surface area contributed by atoms with Crippen molar-refractivity contribution in [3.8, 4) is 0 Å². The summed E-state index contributed by atoms with van der Waals surface area (Å²) in [6.07, 6.45) is 0.672. The molecule has 0 spiro atoms. The first kappa shape index (κ1) is 17.6. The summed E-state index contributed by atoms with van der Waals surface area (Å²) in [5.41, 5.74) is -0.948. The quantitative estimate of drug-likeness (QED) is 0.643. The van der Waals surface area contributed by atoms with Gasteiger partial charge in [-0.3, -0.25) is 19.9 Å². The average molecular weight is 333 g/mol. The molecule has 8 heteroatoms. The second kappa shape index (κ2) is 6.79. The van der Waals surface area contributed by atoms with Gasteiger partial charge in [0.05, 0.1) is 28.8 Å². The molecule has 0 aliphatic rings. The number of rotatable bonds is 5. The lowest BCUT2D eigenvalue weighted by Gasteiger charge is -2.30. The first-order valence-electron chi connectivity index (χ1n) is 7.36. The lowest BCUT2D eigenvalue weighted by Crippen LogP contribution is -2.27. The van der Waals surface area contributed by atoms with Gasteiger partial charge in [-0.1, -0.05) is 32.9 Å². The van der Waals surface area contributed by atoms with Crippen molar-refractivity contribution in [3.63, 3.8) is 0 Å². The Balaban J connectivity index is 2.36. The molecule has 0 bridgehead atoms. The van der Waals surface area contributed by atoms with Crippen molar-refractivity contribution in [1.82, 2.24) is 9.97 Å². The summed E-state index contributed by atoms with van der Waals surface area (Å²) in [4.78, 5) is 38.1. The maximum Gasteiger partial charge on any atom is 0.325 e. The normalized spacial score (nSPS) is 12.8. The van der Waals surface area contributed by atoms with Crippen LogP contribution in [-0.2, 0) is 11.3 Å². The molecular formula is C16H19N3O5. The summed E-state index contributed by atoms with van der Waals surface area (Å²) in [5, 5.41) is 11.3. The predicted molar refractivity (Wildman–Crippen MR) is 87.8 cm³/mol. The van der Waals surface area contributed by atoms with Crippen LogP contribution in [0.15, 0.2) is 40.1 Å². The van der Waals surface area contributed by atoms with Gasteiger partial charge in [-0.25, -0.2) is 4.79 Å². The maximum absolute atomic E-state index is 11.8. The van der Waals surface area contributed by atoms with Crippen LogP contribution < -0.4 is 11.2 Å². The van der Waals surface area contributed by atoms with Crippen LogP contribution in [0.2, 0.25) is 0 Å². The molecular weight excluding hydrogens is 314 g/mol. The minimum Gasteiger partial charge on any atom is -0.368 e. The van der Waals surface area contributed by atoms with Gasteiger partial charge in [0.15, 0.2) is 0 Å². The van der Waals surface area contributed by atoms with Crippen molar-refractivity contribution < 1.29 is 9.66 Å². The first-order chi connectivity index (χ1) is 11.2. The molecule has 128 valence electrons. The molecule has 0 aliphatic carbocycles. The van der Waals surface area contributed by atoms with Crippen LogP contribution >= 0.6 is 0 Å². The number of nitrogens with one attached hydrogen (secondary N) is 2. The molecule has 2 rings (SSSR count). The zero-order valence-corrected chi connectivity index (χ0v) is 13.7. The van der Waals surface area contributed by atoms with Crippen LogP contribution in [0.1, 0.15) is 38.0 Å². The van der Waals surface area contributed by atoms with E-state index in [1.807, 2.05) is 20.8 Å². The molecule has 1 aromatic heterocycles. The van der Waals surface area contributed by atoms with E-state index in [1.54, 1.807) is 18.2 Å². The highest BCUT2D eigenvalue weighted by atomic mass is 16.6. The van der Waals surface area contributed by atoms with Crippen LogP contribution in [0.3, 0.4) is 0 Å². The SMILES string of the molecule is CC(C)(C)C(OCc1c[nH]c(=O)[nH]c1=O)c1ccccc1[N+](=O)[O-]. The molecule has 2 aromatic rings. The molecule has 8 nitrogen and oxygen atoms in total. The van der Waals surface area contributed by atoms with Crippen LogP contribution in [-0.4, -0.2) is 14.9 Å². The lowest BCUT2D eigenvalue weighted by molar-refractivity contribution is -0.386. The maximum atomic E-state index is 11.8. The number of nitro benzene ring substituents is 1. The molecule has 1 unspecified atom stereocenters. The second-order valence-corrected chi connectivity index (χ2v) is 6.47. The Morgan fingerprint density at radius 3 is 2.50 bits per heavy atom. The molecule has 24 heavy (non-hydrogen) atoms. The summed E-state index contributed by atoms with van der Waals surface area (Å²) in [6, 6.07) is 6.36. The number of aromatic amines is 2. The minimum absolute atomic E-state index is 0.0344. The van der Waals surface area contributed by atoms with E-state index in [9.17, 15) is 19.7 Å². The second-order valence-electron chi connectivity index (χ2n) is 6.47. The molecule has 0 saturated carbocycles. The Kier molecular flexibility index (Phi) is 4.99. The van der Waals surface area contributed by atoms with E-state index in [4.69, 9.17) is 4.74 Å². The van der Waals surface area contributed by atoms with E-state index in [0.717, 1.165) is 0 Å². The smallest absolute Gasteiger partial charge is 0.325 e. The first-order valence-corrected chi connectivity index (χ1v) is 7.36. The fourth-order valence-corrected chi connectivity index (χ4v) is 2.40. The van der Waals surface area contributed by atoms with E-state index in [2.05, 4.69) is 9.97 Å². The van der Waals surface area contributed by atoms with Gasteiger partial charge in [-0.05, 0) is 11.5 Å². The Bertz CT molecular complexity index is 848. The van der Waals surface area contributed by atoms with E-state index in [0.29, 0.717) is 5.56 Å². The van der Waals surface area contributed by atoms with Crippen molar-refractivity contribution >= 4 is 5.69 Å². The largest absolute Gasteiger partial charge is 0.368 e. The molecule has 0 fully saturated rings. The van der Waals surface area contributed by atoms with Gasteiger partial charge in [0.2, 0.25) is 0 Å². The van der Waals surface area contributed by atoms with Gasteiger partial charge in [0, 0.05) is 12.3 Å². The zero-order valence-electron chi connectivity index (χ0n) is 13.7. The fraction of sp³-hybridized carbons (Fsp3) is 0.375. The third-order valence-electron chi connectivity index (χ3n) is 3.50. The van der Waals surface area contributed by atoms with Gasteiger partial charge in [-0.2, -0.15) is 0 Å². The summed E-state index contributed by atoms with van der Waals surface area (Å²) in [5.74, 6) is 0. The number of hydrogen-bond acceptors (Lipinski definition) is 5. The number of hydrogen-bond donors (Lipinski definition) is 2. The van der Waals surface area contributed by atoms with Crippen LogP contribution in [0.4, 0.5) is 5.69 Å². The van der Waals surface area contributed by atoms with Crippen molar-refractivity contribution in [3.05, 3.63) is 72.5 Å². The van der Waals surface area contributed by atoms with Gasteiger partial charge in [0.25, 0.3) is 11.2 Å². The Labute approximate surface area is 137 Å². The highest BCUT2D eigenvalue weighted by Gasteiger charge is 2.32. The molecule has 1 atom stereocenters. The number of H-pyrrole nitrogens is 2. The standard InChI is InChI=1S/C16H19N3O5/c1-16(2,3)13(11-6-4-5-7-12(11)19(22)23)24-9-10-8-17-15(21)18-14(10)20/h4-8,13H,9H2,1-3H3,(H2,17,18,20,21).